The average molecular weight is 664 g/mol. The molecule has 0 radical (unpaired) electrons. The van der Waals surface area contributed by atoms with Gasteiger partial charge >= 0.3 is 0 Å². The van der Waals surface area contributed by atoms with Crippen LogP contribution in [0.2, 0.25) is 0 Å². The van der Waals surface area contributed by atoms with E-state index in [0.29, 0.717) is 0 Å². The van der Waals surface area contributed by atoms with Crippen molar-refractivity contribution in [2.75, 3.05) is 4.90 Å². The minimum Gasteiger partial charge on any atom is -0.310 e. The van der Waals surface area contributed by atoms with Crippen LogP contribution in [0.15, 0.2) is 164 Å². The Morgan fingerprint density at radius 1 is 0.440 bits per heavy atom. The molecule has 0 saturated heterocycles. The summed E-state index contributed by atoms with van der Waals surface area (Å²) in [4.78, 5) is 2.40. The zero-order valence-corrected chi connectivity index (χ0v) is 30.0. The summed E-state index contributed by atoms with van der Waals surface area (Å²) in [6, 6.07) is 60.1. The van der Waals surface area contributed by atoms with Gasteiger partial charge in [0, 0.05) is 42.6 Å². The fraction of sp³-hybridized carbons (Fsp3) is 0.125. The van der Waals surface area contributed by atoms with Gasteiger partial charge in [0.15, 0.2) is 0 Å². The van der Waals surface area contributed by atoms with Gasteiger partial charge in [-0.1, -0.05) is 143 Å². The number of hydrogen-bond acceptors (Lipinski definition) is 2. The van der Waals surface area contributed by atoms with Crippen molar-refractivity contribution in [2.24, 2.45) is 0 Å². The summed E-state index contributed by atoms with van der Waals surface area (Å²) >= 11 is 1.86. The summed E-state index contributed by atoms with van der Waals surface area (Å²) < 4.78 is 2.67. The van der Waals surface area contributed by atoms with Crippen LogP contribution in [0.25, 0.3) is 53.6 Å². The highest BCUT2D eigenvalue weighted by molar-refractivity contribution is 7.25. The summed E-state index contributed by atoms with van der Waals surface area (Å²) in [5.74, 6) is 0. The number of thiophene rings is 1. The molecule has 1 nitrogen and oxygen atoms in total. The average Bonchev–Trinajstić information content (AvgIpc) is 3.64. The number of anilines is 3. The number of rotatable bonds is 5. The molecule has 8 aromatic rings. The second kappa shape index (κ2) is 13.1. The Bertz CT molecular complexity index is 2430. The van der Waals surface area contributed by atoms with Gasteiger partial charge in [0.05, 0.1) is 0 Å². The highest BCUT2D eigenvalue weighted by atomic mass is 32.1. The molecule has 0 N–H and O–H groups in total. The van der Waals surface area contributed by atoms with E-state index in [1.807, 2.05) is 11.3 Å². The van der Waals surface area contributed by atoms with E-state index >= 15 is 0 Å². The van der Waals surface area contributed by atoms with Gasteiger partial charge in [-0.15, -0.1) is 11.3 Å². The van der Waals surface area contributed by atoms with Gasteiger partial charge in [0.1, 0.15) is 0 Å². The first kappa shape index (κ1) is 31.8. The second-order valence-corrected chi connectivity index (χ2v) is 14.8. The molecular weight excluding hydrogens is 623 g/mol. The number of nitrogens with zero attached hydrogens (tertiary/aromatic N) is 1. The van der Waals surface area contributed by atoms with E-state index in [-0.39, 0.29) is 5.41 Å². The lowest BCUT2D eigenvalue weighted by molar-refractivity contribution is 0.660. The molecule has 9 rings (SSSR count). The Morgan fingerprint density at radius 3 is 1.68 bits per heavy atom. The highest BCUT2D eigenvalue weighted by Gasteiger charge is 2.35. The van der Waals surface area contributed by atoms with Crippen LogP contribution in [0, 0.1) is 0 Å². The molecule has 1 aliphatic rings. The third-order valence-corrected chi connectivity index (χ3v) is 11.0. The Balaban J connectivity index is 0.00000116. The molecule has 0 fully saturated rings. The van der Waals surface area contributed by atoms with Crippen molar-refractivity contribution in [3.8, 4) is 33.4 Å². The van der Waals surface area contributed by atoms with Crippen LogP contribution in [0.1, 0.15) is 45.2 Å². The highest BCUT2D eigenvalue weighted by Crippen LogP contribution is 2.50. The molecule has 0 saturated carbocycles. The third kappa shape index (κ3) is 5.60. The van der Waals surface area contributed by atoms with Crippen molar-refractivity contribution in [3.63, 3.8) is 0 Å². The van der Waals surface area contributed by atoms with Gasteiger partial charge in [-0.25, -0.2) is 0 Å². The molecule has 0 bridgehead atoms. The first-order chi connectivity index (χ1) is 24.5. The van der Waals surface area contributed by atoms with Gasteiger partial charge in [-0.2, -0.15) is 0 Å². The molecule has 7 aromatic carbocycles. The summed E-state index contributed by atoms with van der Waals surface area (Å²) in [6.45, 7) is 8.95. The number of hydrogen-bond donors (Lipinski definition) is 0. The van der Waals surface area contributed by atoms with E-state index in [0.717, 1.165) is 17.1 Å². The topological polar surface area (TPSA) is 3.24 Å². The Morgan fingerprint density at radius 2 is 0.960 bits per heavy atom. The molecule has 0 amide bonds. The predicted molar refractivity (Wildman–Crippen MR) is 218 cm³/mol. The van der Waals surface area contributed by atoms with E-state index in [2.05, 4.69) is 196 Å². The monoisotopic (exact) mass is 663 g/mol. The second-order valence-electron chi connectivity index (χ2n) is 13.7. The maximum absolute atomic E-state index is 2.41. The maximum Gasteiger partial charge on any atom is 0.0465 e. The minimum absolute atomic E-state index is 0.0703. The smallest absolute Gasteiger partial charge is 0.0465 e. The largest absolute Gasteiger partial charge is 0.310 e. The summed E-state index contributed by atoms with van der Waals surface area (Å²) in [5.41, 5.74) is 13.7. The Kier molecular flexibility index (Phi) is 8.34. The van der Waals surface area contributed by atoms with Crippen LogP contribution in [0.5, 0.6) is 0 Å². The summed E-state index contributed by atoms with van der Waals surface area (Å²) in [6.07, 6.45) is 1.25. The maximum atomic E-state index is 2.41. The van der Waals surface area contributed by atoms with Crippen molar-refractivity contribution in [3.05, 3.63) is 175 Å². The van der Waals surface area contributed by atoms with Crippen LogP contribution in [0.4, 0.5) is 17.1 Å². The molecule has 50 heavy (non-hydrogen) atoms. The van der Waals surface area contributed by atoms with Gasteiger partial charge in [0.25, 0.3) is 0 Å². The molecule has 1 aliphatic carbocycles. The van der Waals surface area contributed by atoms with Crippen molar-refractivity contribution >= 4 is 48.6 Å². The van der Waals surface area contributed by atoms with Crippen molar-refractivity contribution in [1.82, 2.24) is 0 Å². The predicted octanol–water partition coefficient (Wildman–Crippen LogP) is 14.6. The SMILES string of the molecule is CC1(C)c2ccccc2-c2ccc(N(c3ccc(-c4ccccc4)cc3)c3ccc(-c4ccc5sc6ccccc6c5c4)cc3)cc21.CCC. The molecule has 0 unspecified atom stereocenters. The molecule has 244 valence electrons. The van der Waals surface area contributed by atoms with Gasteiger partial charge in [-0.3, -0.25) is 0 Å². The van der Waals surface area contributed by atoms with Crippen molar-refractivity contribution in [1.29, 1.82) is 0 Å². The normalized spacial score (nSPS) is 12.6. The van der Waals surface area contributed by atoms with Crippen LogP contribution >= 0.6 is 11.3 Å². The molecular formula is C48H41NS. The fourth-order valence-electron chi connectivity index (χ4n) is 7.42. The Labute approximate surface area is 300 Å². The fourth-order valence-corrected chi connectivity index (χ4v) is 8.51. The summed E-state index contributed by atoms with van der Waals surface area (Å²) in [7, 11) is 0. The molecule has 0 atom stereocenters. The van der Waals surface area contributed by atoms with E-state index in [9.17, 15) is 0 Å². The van der Waals surface area contributed by atoms with Crippen molar-refractivity contribution in [2.45, 2.75) is 39.5 Å². The molecule has 1 aromatic heterocycles. The zero-order valence-electron chi connectivity index (χ0n) is 29.2. The quantitative estimate of drug-likeness (QED) is 0.177. The first-order valence-electron chi connectivity index (χ1n) is 17.7. The summed E-state index contributed by atoms with van der Waals surface area (Å²) in [5, 5.41) is 2.66. The molecule has 0 spiro atoms. The molecule has 0 aliphatic heterocycles. The lowest BCUT2D eigenvalue weighted by Gasteiger charge is -2.28. The van der Waals surface area contributed by atoms with Crippen LogP contribution in [-0.4, -0.2) is 0 Å². The van der Waals surface area contributed by atoms with Crippen LogP contribution < -0.4 is 4.90 Å². The molecule has 1 heterocycles. The molecule has 2 heteroatoms. The van der Waals surface area contributed by atoms with E-state index in [1.165, 1.54) is 71.1 Å². The van der Waals surface area contributed by atoms with Gasteiger partial charge < -0.3 is 4.90 Å². The van der Waals surface area contributed by atoms with Gasteiger partial charge in [-0.05, 0) is 99.1 Å². The van der Waals surface area contributed by atoms with Crippen LogP contribution in [-0.2, 0) is 5.41 Å². The van der Waals surface area contributed by atoms with Crippen molar-refractivity contribution < 1.29 is 0 Å². The van der Waals surface area contributed by atoms with Crippen LogP contribution in [0.3, 0.4) is 0 Å². The lowest BCUT2D eigenvalue weighted by atomic mass is 9.82. The van der Waals surface area contributed by atoms with E-state index < -0.39 is 0 Å². The number of benzene rings is 7. The standard InChI is InChI=1S/C45H33NS.C3H8/c1-45(2)41-14-8-6-12-37(41)38-26-25-36(29-42(38)45)46(34-21-16-31(17-22-34)30-10-4-3-5-11-30)35-23-18-32(19-24-35)33-20-27-44-40(28-33)39-13-7-9-15-43(39)47-44;1-3-2/h3-29H,1-2H3;3H2,1-2H3. The Hall–Kier alpha value is -5.44. The first-order valence-corrected chi connectivity index (χ1v) is 18.5. The number of fused-ring (bicyclic) bond motifs is 6. The van der Waals surface area contributed by atoms with Gasteiger partial charge in [0.2, 0.25) is 0 Å². The zero-order chi connectivity index (χ0) is 34.2. The third-order valence-electron chi connectivity index (χ3n) is 9.89. The lowest BCUT2D eigenvalue weighted by Crippen LogP contribution is -2.16. The van der Waals surface area contributed by atoms with E-state index in [1.54, 1.807) is 0 Å². The minimum atomic E-state index is -0.0703. The van der Waals surface area contributed by atoms with E-state index in [4.69, 9.17) is 0 Å².